The number of rotatable bonds is 7. The van der Waals surface area contributed by atoms with Crippen LogP contribution in [0.3, 0.4) is 0 Å². The Labute approximate surface area is 161 Å². The van der Waals surface area contributed by atoms with Gasteiger partial charge in [-0.1, -0.05) is 35.9 Å². The van der Waals surface area contributed by atoms with Crippen LogP contribution in [0.25, 0.3) is 10.9 Å². The van der Waals surface area contributed by atoms with E-state index in [1.807, 2.05) is 70.5 Å². The molecule has 1 heterocycles. The summed E-state index contributed by atoms with van der Waals surface area (Å²) in [7, 11) is 2.42. The molecular weight excluding hydrogens is 358 g/mol. The van der Waals surface area contributed by atoms with Crippen LogP contribution in [0.15, 0.2) is 59.5 Å². The van der Waals surface area contributed by atoms with E-state index in [9.17, 15) is 8.42 Å². The summed E-state index contributed by atoms with van der Waals surface area (Å²) >= 11 is 0. The van der Waals surface area contributed by atoms with Gasteiger partial charge in [-0.3, -0.25) is 4.90 Å². The first-order chi connectivity index (χ1) is 12.8. The van der Waals surface area contributed by atoms with Crippen LogP contribution in [0.1, 0.15) is 11.3 Å². The second-order valence-electron chi connectivity index (χ2n) is 7.32. The summed E-state index contributed by atoms with van der Waals surface area (Å²) in [5, 5.41) is 0.934. The molecule has 0 aliphatic heterocycles. The summed E-state index contributed by atoms with van der Waals surface area (Å²) in [6.45, 7) is 4.29. The molecule has 6 heteroatoms. The Hall–Kier alpha value is -2.15. The monoisotopic (exact) mass is 385 g/mol. The van der Waals surface area contributed by atoms with E-state index in [0.29, 0.717) is 17.0 Å². The predicted octanol–water partition coefficient (Wildman–Crippen LogP) is 3.18. The van der Waals surface area contributed by atoms with E-state index in [-0.39, 0.29) is 0 Å². The van der Waals surface area contributed by atoms with Crippen molar-refractivity contribution in [1.82, 2.24) is 13.8 Å². The van der Waals surface area contributed by atoms with Gasteiger partial charge in [0.2, 0.25) is 0 Å². The van der Waals surface area contributed by atoms with E-state index in [4.69, 9.17) is 0 Å². The van der Waals surface area contributed by atoms with Crippen LogP contribution in [-0.2, 0) is 16.6 Å². The maximum absolute atomic E-state index is 13.4. The van der Waals surface area contributed by atoms with Gasteiger partial charge in [0.15, 0.2) is 0 Å². The van der Waals surface area contributed by atoms with Crippen LogP contribution in [0, 0.1) is 6.92 Å². The van der Waals surface area contributed by atoms with Crippen molar-refractivity contribution >= 4 is 20.9 Å². The van der Waals surface area contributed by atoms with Crippen LogP contribution < -0.4 is 0 Å². The van der Waals surface area contributed by atoms with E-state index in [0.717, 1.165) is 29.7 Å². The van der Waals surface area contributed by atoms with Gasteiger partial charge in [0.05, 0.1) is 10.4 Å². The minimum Gasteiger partial charge on any atom is -0.308 e. The van der Waals surface area contributed by atoms with E-state index >= 15 is 0 Å². The first-order valence-corrected chi connectivity index (χ1v) is 10.5. The molecule has 0 saturated carbocycles. The zero-order valence-corrected chi connectivity index (χ0v) is 17.2. The van der Waals surface area contributed by atoms with Gasteiger partial charge in [-0.25, -0.2) is 12.4 Å². The van der Waals surface area contributed by atoms with Crippen LogP contribution in [-0.4, -0.2) is 56.4 Å². The Kier molecular flexibility index (Phi) is 5.69. The molecule has 0 saturated heterocycles. The third-order valence-electron chi connectivity index (χ3n) is 4.66. The summed E-state index contributed by atoms with van der Waals surface area (Å²) in [6, 6.07) is 16.6. The number of benzene rings is 2. The molecule has 0 unspecified atom stereocenters. The van der Waals surface area contributed by atoms with Crippen LogP contribution in [0.2, 0.25) is 0 Å². The van der Waals surface area contributed by atoms with Gasteiger partial charge in [-0.15, -0.1) is 0 Å². The molecule has 0 fully saturated rings. The highest BCUT2D eigenvalue weighted by Gasteiger charge is 2.23. The van der Waals surface area contributed by atoms with E-state index in [1.54, 1.807) is 12.1 Å². The van der Waals surface area contributed by atoms with Gasteiger partial charge in [0, 0.05) is 30.7 Å². The Morgan fingerprint density at radius 3 is 2.26 bits per heavy atom. The summed E-state index contributed by atoms with van der Waals surface area (Å²) in [5.74, 6) is 0. The second kappa shape index (κ2) is 7.84. The summed E-state index contributed by atoms with van der Waals surface area (Å²) in [5.41, 5.74) is 2.53. The maximum Gasteiger partial charge on any atom is 0.268 e. The number of para-hydroxylation sites is 1. The Morgan fingerprint density at radius 1 is 0.926 bits per heavy atom. The van der Waals surface area contributed by atoms with Crippen molar-refractivity contribution in [3.63, 3.8) is 0 Å². The van der Waals surface area contributed by atoms with Gasteiger partial charge >= 0.3 is 0 Å². The molecule has 5 nitrogen and oxygen atoms in total. The lowest BCUT2D eigenvalue weighted by molar-refractivity contribution is 0.273. The van der Waals surface area contributed by atoms with Crippen molar-refractivity contribution in [2.24, 2.45) is 0 Å². The Balaban J connectivity index is 2.06. The van der Waals surface area contributed by atoms with Crippen molar-refractivity contribution in [3.8, 4) is 0 Å². The third kappa shape index (κ3) is 4.24. The second-order valence-corrected chi connectivity index (χ2v) is 9.10. The first kappa shape index (κ1) is 19.6. The molecule has 0 radical (unpaired) electrons. The normalized spacial score (nSPS) is 12.4. The summed E-state index contributed by atoms with van der Waals surface area (Å²) < 4.78 is 28.3. The maximum atomic E-state index is 13.4. The summed E-state index contributed by atoms with van der Waals surface area (Å²) in [6.07, 6.45) is 0. The van der Waals surface area contributed by atoms with Gasteiger partial charge < -0.3 is 4.90 Å². The highest BCUT2D eigenvalue weighted by atomic mass is 32.2. The lowest BCUT2D eigenvalue weighted by atomic mass is 10.2. The quantitative estimate of drug-likeness (QED) is 0.627. The molecule has 2 aromatic carbocycles. The average molecular weight is 386 g/mol. The van der Waals surface area contributed by atoms with Gasteiger partial charge in [-0.05, 0) is 52.3 Å². The smallest absolute Gasteiger partial charge is 0.268 e. The zero-order chi connectivity index (χ0) is 19.6. The van der Waals surface area contributed by atoms with Crippen LogP contribution in [0.5, 0.6) is 0 Å². The minimum absolute atomic E-state index is 0.312. The standard InChI is InChI=1S/C21H27N3O2S/c1-17-9-11-20(12-10-17)27(25,26)24-19(16-23(4)14-13-22(2)3)15-18-7-5-6-8-21(18)24/h5-12,15H,13-14,16H2,1-4H3. The predicted molar refractivity (Wildman–Crippen MR) is 111 cm³/mol. The number of aryl methyl sites for hydroxylation is 1. The molecule has 0 bridgehead atoms. The van der Waals surface area contributed by atoms with Crippen molar-refractivity contribution in [1.29, 1.82) is 0 Å². The number of likely N-dealkylation sites (N-methyl/N-ethyl adjacent to an activating group) is 2. The van der Waals surface area contributed by atoms with E-state index < -0.39 is 10.0 Å². The van der Waals surface area contributed by atoms with Crippen LogP contribution in [0.4, 0.5) is 0 Å². The number of aromatic nitrogens is 1. The Morgan fingerprint density at radius 2 is 1.59 bits per heavy atom. The average Bonchev–Trinajstić information content (AvgIpc) is 2.98. The molecule has 1 aromatic heterocycles. The SMILES string of the molecule is Cc1ccc(S(=O)(=O)n2c(CN(C)CCN(C)C)cc3ccccc32)cc1. The molecule has 0 aliphatic rings. The van der Waals surface area contributed by atoms with Crippen molar-refractivity contribution < 1.29 is 8.42 Å². The zero-order valence-electron chi connectivity index (χ0n) is 16.4. The highest BCUT2D eigenvalue weighted by molar-refractivity contribution is 7.90. The molecule has 144 valence electrons. The van der Waals surface area contributed by atoms with Crippen molar-refractivity contribution in [2.45, 2.75) is 18.4 Å². The molecule has 0 spiro atoms. The molecule has 3 aromatic rings. The third-order valence-corrected chi connectivity index (χ3v) is 6.44. The molecule has 0 aliphatic carbocycles. The van der Waals surface area contributed by atoms with E-state index in [1.165, 1.54) is 3.97 Å². The molecular formula is C21H27N3O2S. The van der Waals surface area contributed by atoms with Gasteiger partial charge in [0.1, 0.15) is 0 Å². The van der Waals surface area contributed by atoms with Gasteiger partial charge in [-0.2, -0.15) is 0 Å². The van der Waals surface area contributed by atoms with Gasteiger partial charge in [0.25, 0.3) is 10.0 Å². The molecule has 0 N–H and O–H groups in total. The minimum atomic E-state index is -3.67. The Bertz CT molecular complexity index is 1020. The number of hydrogen-bond acceptors (Lipinski definition) is 4. The lowest BCUT2D eigenvalue weighted by Crippen LogP contribution is -2.29. The van der Waals surface area contributed by atoms with E-state index in [2.05, 4.69) is 9.80 Å². The lowest BCUT2D eigenvalue weighted by Gasteiger charge is -2.20. The van der Waals surface area contributed by atoms with Crippen LogP contribution >= 0.6 is 0 Å². The molecule has 3 rings (SSSR count). The fourth-order valence-electron chi connectivity index (χ4n) is 3.12. The highest BCUT2D eigenvalue weighted by Crippen LogP contribution is 2.26. The number of fused-ring (bicyclic) bond motifs is 1. The number of hydrogen-bond donors (Lipinski definition) is 0. The first-order valence-electron chi connectivity index (χ1n) is 9.04. The number of nitrogens with zero attached hydrogens (tertiary/aromatic N) is 3. The molecule has 27 heavy (non-hydrogen) atoms. The molecule has 0 atom stereocenters. The largest absolute Gasteiger partial charge is 0.308 e. The summed E-state index contributed by atoms with van der Waals surface area (Å²) in [4.78, 5) is 4.58. The topological polar surface area (TPSA) is 45.6 Å². The fourth-order valence-corrected chi connectivity index (χ4v) is 4.66. The molecule has 0 amide bonds. The van der Waals surface area contributed by atoms with Crippen molar-refractivity contribution in [2.75, 3.05) is 34.2 Å². The van der Waals surface area contributed by atoms with Crippen molar-refractivity contribution in [3.05, 3.63) is 65.9 Å². The fraction of sp³-hybridized carbons (Fsp3) is 0.333.